The van der Waals surface area contributed by atoms with Gasteiger partial charge >= 0.3 is 0 Å². The highest BCUT2D eigenvalue weighted by Crippen LogP contribution is 2.23. The monoisotopic (exact) mass is 323 g/mol. The Morgan fingerprint density at radius 3 is 2.46 bits per heavy atom. The van der Waals surface area contributed by atoms with Crippen LogP contribution in [0.3, 0.4) is 0 Å². The lowest BCUT2D eigenvalue weighted by Crippen LogP contribution is -1.95. The Morgan fingerprint density at radius 2 is 1.88 bits per heavy atom. The van der Waals surface area contributed by atoms with Gasteiger partial charge in [0.1, 0.15) is 23.9 Å². The zero-order valence-corrected chi connectivity index (χ0v) is 13.5. The summed E-state index contributed by atoms with van der Waals surface area (Å²) in [6, 6.07) is 13.1. The van der Waals surface area contributed by atoms with Gasteiger partial charge in [-0.1, -0.05) is 0 Å². The van der Waals surface area contributed by atoms with Gasteiger partial charge in [0, 0.05) is 11.1 Å². The van der Waals surface area contributed by atoms with Crippen molar-refractivity contribution in [1.82, 2.24) is 4.98 Å². The van der Waals surface area contributed by atoms with E-state index in [0.29, 0.717) is 24.4 Å². The van der Waals surface area contributed by atoms with Gasteiger partial charge in [-0.2, -0.15) is 0 Å². The smallest absolute Gasteiger partial charge is 0.185 e. The molecule has 2 aromatic heterocycles. The van der Waals surface area contributed by atoms with Crippen LogP contribution in [0.5, 0.6) is 11.5 Å². The van der Waals surface area contributed by atoms with E-state index in [1.54, 1.807) is 19.4 Å². The first-order valence-electron chi connectivity index (χ1n) is 7.47. The number of rotatable bonds is 6. The van der Waals surface area contributed by atoms with Crippen molar-refractivity contribution in [1.29, 1.82) is 0 Å². The number of aldehydes is 1. The molecule has 0 spiro atoms. The highest BCUT2D eigenvalue weighted by Gasteiger charge is 2.08. The van der Waals surface area contributed by atoms with Gasteiger partial charge in [-0.15, -0.1) is 0 Å². The fourth-order valence-electron chi connectivity index (χ4n) is 2.30. The predicted molar refractivity (Wildman–Crippen MR) is 89.4 cm³/mol. The van der Waals surface area contributed by atoms with Crippen molar-refractivity contribution >= 4 is 6.29 Å². The number of aromatic nitrogens is 1. The summed E-state index contributed by atoms with van der Waals surface area (Å²) in [7, 11) is 1.61. The quantitative estimate of drug-likeness (QED) is 0.640. The van der Waals surface area contributed by atoms with Crippen molar-refractivity contribution in [2.45, 2.75) is 13.5 Å². The second-order valence-electron chi connectivity index (χ2n) is 5.24. The third-order valence-electron chi connectivity index (χ3n) is 3.67. The largest absolute Gasteiger partial charge is 0.495 e. The molecule has 24 heavy (non-hydrogen) atoms. The molecule has 0 unspecified atom stereocenters. The van der Waals surface area contributed by atoms with E-state index >= 15 is 0 Å². The molecular weight excluding hydrogens is 306 g/mol. The van der Waals surface area contributed by atoms with Crippen molar-refractivity contribution in [3.05, 3.63) is 65.7 Å². The normalized spacial score (nSPS) is 10.4. The Morgan fingerprint density at radius 1 is 1.12 bits per heavy atom. The zero-order valence-electron chi connectivity index (χ0n) is 13.5. The molecule has 0 atom stereocenters. The fraction of sp³-hybridized carbons (Fsp3) is 0.158. The lowest BCUT2D eigenvalue weighted by Gasteiger charge is -2.07. The van der Waals surface area contributed by atoms with Crippen LogP contribution in [0.15, 0.2) is 53.1 Å². The standard InChI is InChI=1S/C19H17NO4/c1-13-15(9-18(11-21)24-13)12-23-16-5-3-14(4-6-16)19-8-7-17(22-2)10-20-19/h3-11H,12H2,1-2H3. The Balaban J connectivity index is 1.67. The number of ether oxygens (including phenoxy) is 2. The molecule has 2 heterocycles. The lowest BCUT2D eigenvalue weighted by molar-refractivity contribution is 0.109. The summed E-state index contributed by atoms with van der Waals surface area (Å²) >= 11 is 0. The van der Waals surface area contributed by atoms with E-state index in [1.165, 1.54) is 0 Å². The molecule has 0 aliphatic rings. The molecule has 0 amide bonds. The topological polar surface area (TPSA) is 61.6 Å². The third-order valence-corrected chi connectivity index (χ3v) is 3.67. The second-order valence-corrected chi connectivity index (χ2v) is 5.24. The maximum atomic E-state index is 10.7. The molecule has 3 rings (SSSR count). The molecule has 3 aromatic rings. The van der Waals surface area contributed by atoms with Gasteiger partial charge in [-0.25, -0.2) is 0 Å². The van der Waals surface area contributed by atoms with E-state index < -0.39 is 0 Å². The molecule has 5 heteroatoms. The van der Waals surface area contributed by atoms with Crippen LogP contribution < -0.4 is 9.47 Å². The van der Waals surface area contributed by atoms with Gasteiger partial charge in [0.05, 0.1) is 19.0 Å². The molecule has 0 fully saturated rings. The van der Waals surface area contributed by atoms with Crippen LogP contribution in [0.4, 0.5) is 0 Å². The maximum absolute atomic E-state index is 10.7. The SMILES string of the molecule is COc1ccc(-c2ccc(OCc3cc(C=O)oc3C)cc2)nc1. The van der Waals surface area contributed by atoms with Crippen LogP contribution in [0.1, 0.15) is 21.9 Å². The average molecular weight is 323 g/mol. The number of methoxy groups -OCH3 is 1. The van der Waals surface area contributed by atoms with Crippen molar-refractivity contribution in [2.75, 3.05) is 7.11 Å². The van der Waals surface area contributed by atoms with Gasteiger partial charge in [-0.3, -0.25) is 9.78 Å². The third kappa shape index (κ3) is 3.46. The van der Waals surface area contributed by atoms with Crippen molar-refractivity contribution in [3.8, 4) is 22.8 Å². The number of nitrogens with zero attached hydrogens (tertiary/aromatic N) is 1. The number of pyridine rings is 1. The van der Waals surface area contributed by atoms with Crippen LogP contribution >= 0.6 is 0 Å². The Kier molecular flexibility index (Phi) is 4.61. The number of hydrogen-bond acceptors (Lipinski definition) is 5. The number of hydrogen-bond donors (Lipinski definition) is 0. The number of carbonyl (C=O) groups is 1. The molecule has 0 radical (unpaired) electrons. The van der Waals surface area contributed by atoms with Gasteiger partial charge in [0.25, 0.3) is 0 Å². The molecule has 1 aromatic carbocycles. The van der Waals surface area contributed by atoms with E-state index in [4.69, 9.17) is 13.9 Å². The molecule has 0 aliphatic carbocycles. The molecule has 0 aliphatic heterocycles. The first-order chi connectivity index (χ1) is 11.7. The second kappa shape index (κ2) is 7.00. The zero-order chi connectivity index (χ0) is 16.9. The van der Waals surface area contributed by atoms with Gasteiger partial charge in [-0.05, 0) is 49.4 Å². The summed E-state index contributed by atoms with van der Waals surface area (Å²) in [6.07, 6.45) is 2.37. The molecule has 0 bridgehead atoms. The van der Waals surface area contributed by atoms with Crippen LogP contribution in [-0.4, -0.2) is 18.4 Å². The van der Waals surface area contributed by atoms with Crippen LogP contribution in [0.25, 0.3) is 11.3 Å². The lowest BCUT2D eigenvalue weighted by atomic mass is 10.1. The summed E-state index contributed by atoms with van der Waals surface area (Å²) in [5, 5.41) is 0. The molecule has 122 valence electrons. The van der Waals surface area contributed by atoms with E-state index in [1.807, 2.05) is 43.3 Å². The van der Waals surface area contributed by atoms with Gasteiger partial charge < -0.3 is 13.9 Å². The van der Waals surface area contributed by atoms with Gasteiger partial charge in [0.15, 0.2) is 12.0 Å². The number of aryl methyl sites for hydroxylation is 1. The summed E-state index contributed by atoms with van der Waals surface area (Å²) < 4.78 is 16.1. The van der Waals surface area contributed by atoms with Crippen LogP contribution in [0, 0.1) is 6.92 Å². The average Bonchev–Trinajstić information content (AvgIpc) is 3.00. The summed E-state index contributed by atoms with van der Waals surface area (Å²) in [5.74, 6) is 2.47. The molecule has 0 saturated carbocycles. The summed E-state index contributed by atoms with van der Waals surface area (Å²) in [6.45, 7) is 2.16. The first kappa shape index (κ1) is 15.8. The first-order valence-corrected chi connectivity index (χ1v) is 7.47. The van der Waals surface area contributed by atoms with Crippen LogP contribution in [0.2, 0.25) is 0 Å². The predicted octanol–water partition coefficient (Wildman–Crippen LogP) is 4.05. The van der Waals surface area contributed by atoms with E-state index in [0.717, 1.165) is 28.3 Å². The molecule has 5 nitrogen and oxygen atoms in total. The Hall–Kier alpha value is -3.08. The Bertz CT molecular complexity index is 820. The molecule has 0 N–H and O–H groups in total. The maximum Gasteiger partial charge on any atom is 0.185 e. The summed E-state index contributed by atoms with van der Waals surface area (Å²) in [4.78, 5) is 15.1. The van der Waals surface area contributed by atoms with Crippen molar-refractivity contribution in [3.63, 3.8) is 0 Å². The van der Waals surface area contributed by atoms with Crippen molar-refractivity contribution < 1.29 is 18.7 Å². The summed E-state index contributed by atoms with van der Waals surface area (Å²) in [5.41, 5.74) is 2.72. The minimum atomic E-state index is 0.312. The Labute approximate surface area is 139 Å². The highest BCUT2D eigenvalue weighted by molar-refractivity contribution is 5.71. The number of carbonyl (C=O) groups excluding carboxylic acids is 1. The van der Waals surface area contributed by atoms with Crippen molar-refractivity contribution in [2.24, 2.45) is 0 Å². The molecule has 0 saturated heterocycles. The van der Waals surface area contributed by atoms with E-state index in [9.17, 15) is 4.79 Å². The fourth-order valence-corrected chi connectivity index (χ4v) is 2.30. The van der Waals surface area contributed by atoms with Gasteiger partial charge in [0.2, 0.25) is 0 Å². The number of benzene rings is 1. The van der Waals surface area contributed by atoms with Crippen LogP contribution in [-0.2, 0) is 6.61 Å². The van der Waals surface area contributed by atoms with E-state index in [2.05, 4.69) is 4.98 Å². The number of furan rings is 1. The highest BCUT2D eigenvalue weighted by atomic mass is 16.5. The minimum Gasteiger partial charge on any atom is -0.495 e. The molecular formula is C19H17NO4. The van der Waals surface area contributed by atoms with E-state index in [-0.39, 0.29) is 0 Å². The minimum absolute atomic E-state index is 0.312.